The zero-order valence-corrected chi connectivity index (χ0v) is 12.3. The van der Waals surface area contributed by atoms with Crippen molar-refractivity contribution in [1.82, 2.24) is 5.32 Å². The van der Waals surface area contributed by atoms with Crippen molar-refractivity contribution in [2.24, 2.45) is 11.8 Å². The molecule has 0 aromatic carbocycles. The lowest BCUT2D eigenvalue weighted by Gasteiger charge is -2.37. The van der Waals surface area contributed by atoms with Crippen LogP contribution in [-0.4, -0.2) is 24.1 Å². The van der Waals surface area contributed by atoms with Gasteiger partial charge in [-0.1, -0.05) is 26.7 Å². The van der Waals surface area contributed by atoms with E-state index in [1.54, 1.807) is 0 Å². The van der Waals surface area contributed by atoms with Crippen LogP contribution in [0.2, 0.25) is 0 Å². The molecule has 0 amide bonds. The minimum Gasteiger partial charge on any atom is -0.311 e. The molecule has 0 aromatic heterocycles. The summed E-state index contributed by atoms with van der Waals surface area (Å²) in [6.45, 7) is 7.12. The molecule has 16 heavy (non-hydrogen) atoms. The molecule has 1 N–H and O–H groups in total. The van der Waals surface area contributed by atoms with Gasteiger partial charge < -0.3 is 5.32 Å². The van der Waals surface area contributed by atoms with E-state index in [1.807, 2.05) is 11.8 Å². The SMILES string of the molecule is CSCCC(C)NC1CCCCC1C(C)C. The van der Waals surface area contributed by atoms with Crippen LogP contribution in [0.3, 0.4) is 0 Å². The van der Waals surface area contributed by atoms with Crippen molar-refractivity contribution < 1.29 is 0 Å². The van der Waals surface area contributed by atoms with Gasteiger partial charge in [-0.3, -0.25) is 0 Å². The maximum Gasteiger partial charge on any atom is 0.0100 e. The smallest absolute Gasteiger partial charge is 0.0100 e. The highest BCUT2D eigenvalue weighted by Crippen LogP contribution is 2.30. The molecule has 2 heteroatoms. The van der Waals surface area contributed by atoms with Crippen molar-refractivity contribution in [3.63, 3.8) is 0 Å². The molecule has 1 nitrogen and oxygen atoms in total. The van der Waals surface area contributed by atoms with Crippen molar-refractivity contribution in [2.75, 3.05) is 12.0 Å². The predicted molar refractivity (Wildman–Crippen MR) is 76.2 cm³/mol. The molecule has 1 saturated carbocycles. The van der Waals surface area contributed by atoms with Crippen molar-refractivity contribution in [2.45, 2.75) is 65.0 Å². The standard InChI is InChI=1S/C14H29NS/c1-11(2)13-7-5-6-8-14(13)15-12(3)9-10-16-4/h11-15H,5-10H2,1-4H3. The Morgan fingerprint density at radius 3 is 2.50 bits per heavy atom. The molecular weight excluding hydrogens is 214 g/mol. The summed E-state index contributed by atoms with van der Waals surface area (Å²) in [6, 6.07) is 1.47. The van der Waals surface area contributed by atoms with Crippen LogP contribution in [0.15, 0.2) is 0 Å². The van der Waals surface area contributed by atoms with E-state index in [9.17, 15) is 0 Å². The van der Waals surface area contributed by atoms with Crippen LogP contribution in [-0.2, 0) is 0 Å². The lowest BCUT2D eigenvalue weighted by Crippen LogP contribution is -2.45. The van der Waals surface area contributed by atoms with Crippen LogP contribution >= 0.6 is 11.8 Å². The third kappa shape index (κ3) is 4.67. The highest BCUT2D eigenvalue weighted by molar-refractivity contribution is 7.98. The Hall–Kier alpha value is 0.310. The molecule has 1 aliphatic rings. The second kappa shape index (κ2) is 7.60. The van der Waals surface area contributed by atoms with Gasteiger partial charge in [0.2, 0.25) is 0 Å². The Labute approximate surface area is 106 Å². The third-order valence-corrected chi connectivity index (χ3v) is 4.57. The average Bonchev–Trinajstić information content (AvgIpc) is 2.27. The highest BCUT2D eigenvalue weighted by Gasteiger charge is 2.27. The quantitative estimate of drug-likeness (QED) is 0.758. The molecule has 0 saturated heterocycles. The largest absolute Gasteiger partial charge is 0.311 e. The third-order valence-electron chi connectivity index (χ3n) is 3.93. The van der Waals surface area contributed by atoms with Gasteiger partial charge in [-0.25, -0.2) is 0 Å². The molecule has 0 aromatic rings. The number of thioether (sulfide) groups is 1. The summed E-state index contributed by atoms with van der Waals surface area (Å²) in [6.07, 6.45) is 9.21. The Bertz CT molecular complexity index is 182. The van der Waals surface area contributed by atoms with Gasteiger partial charge in [-0.2, -0.15) is 11.8 Å². The fourth-order valence-corrected chi connectivity index (χ4v) is 3.50. The van der Waals surface area contributed by atoms with Gasteiger partial charge >= 0.3 is 0 Å². The lowest BCUT2D eigenvalue weighted by molar-refractivity contribution is 0.194. The molecule has 96 valence electrons. The van der Waals surface area contributed by atoms with Gasteiger partial charge in [-0.15, -0.1) is 0 Å². The molecule has 1 rings (SSSR count). The number of rotatable bonds is 6. The molecule has 0 heterocycles. The van der Waals surface area contributed by atoms with E-state index < -0.39 is 0 Å². The molecule has 1 fully saturated rings. The summed E-state index contributed by atoms with van der Waals surface area (Å²) >= 11 is 1.96. The van der Waals surface area contributed by atoms with E-state index in [4.69, 9.17) is 0 Å². The summed E-state index contributed by atoms with van der Waals surface area (Å²) in [5.41, 5.74) is 0. The van der Waals surface area contributed by atoms with Crippen molar-refractivity contribution in [3.8, 4) is 0 Å². The first-order valence-electron chi connectivity index (χ1n) is 6.90. The molecule has 0 spiro atoms. The topological polar surface area (TPSA) is 12.0 Å². The fourth-order valence-electron chi connectivity index (χ4n) is 2.91. The maximum absolute atomic E-state index is 3.87. The molecular formula is C14H29NS. The summed E-state index contributed by atoms with van der Waals surface area (Å²) in [4.78, 5) is 0. The minimum atomic E-state index is 0.691. The molecule has 3 atom stereocenters. The number of hydrogen-bond acceptors (Lipinski definition) is 2. The average molecular weight is 243 g/mol. The van der Waals surface area contributed by atoms with E-state index in [2.05, 4.69) is 32.3 Å². The first-order chi connectivity index (χ1) is 7.65. The van der Waals surface area contributed by atoms with E-state index in [1.165, 1.54) is 37.9 Å². The molecule has 0 radical (unpaired) electrons. The summed E-state index contributed by atoms with van der Waals surface area (Å²) < 4.78 is 0. The van der Waals surface area contributed by atoms with Gasteiger partial charge in [0.15, 0.2) is 0 Å². The Morgan fingerprint density at radius 1 is 1.19 bits per heavy atom. The second-order valence-corrected chi connectivity index (χ2v) is 6.63. The predicted octanol–water partition coefficient (Wildman–Crippen LogP) is 3.93. The molecule has 0 bridgehead atoms. The fraction of sp³-hybridized carbons (Fsp3) is 1.00. The normalized spacial score (nSPS) is 28.3. The highest BCUT2D eigenvalue weighted by atomic mass is 32.2. The van der Waals surface area contributed by atoms with Gasteiger partial charge in [0.05, 0.1) is 0 Å². The summed E-state index contributed by atoms with van der Waals surface area (Å²) in [7, 11) is 0. The number of nitrogens with one attached hydrogen (secondary N) is 1. The van der Waals surface area contributed by atoms with Gasteiger partial charge in [0, 0.05) is 12.1 Å². The zero-order chi connectivity index (χ0) is 12.0. The molecule has 1 aliphatic carbocycles. The Morgan fingerprint density at radius 2 is 1.88 bits per heavy atom. The van der Waals surface area contributed by atoms with Crippen LogP contribution in [0.1, 0.15) is 52.9 Å². The van der Waals surface area contributed by atoms with Crippen LogP contribution in [0.5, 0.6) is 0 Å². The van der Waals surface area contributed by atoms with Crippen molar-refractivity contribution in [3.05, 3.63) is 0 Å². The molecule has 0 aliphatic heterocycles. The molecule has 3 unspecified atom stereocenters. The monoisotopic (exact) mass is 243 g/mol. The van der Waals surface area contributed by atoms with E-state index >= 15 is 0 Å². The number of hydrogen-bond donors (Lipinski definition) is 1. The minimum absolute atomic E-state index is 0.691. The van der Waals surface area contributed by atoms with Gasteiger partial charge in [0.25, 0.3) is 0 Å². The van der Waals surface area contributed by atoms with E-state index in [-0.39, 0.29) is 0 Å². The Kier molecular flexibility index (Phi) is 6.83. The van der Waals surface area contributed by atoms with Crippen LogP contribution < -0.4 is 5.32 Å². The van der Waals surface area contributed by atoms with E-state index in [0.717, 1.165) is 17.9 Å². The van der Waals surface area contributed by atoms with E-state index in [0.29, 0.717) is 6.04 Å². The summed E-state index contributed by atoms with van der Waals surface area (Å²) in [5.74, 6) is 3.03. The second-order valence-electron chi connectivity index (χ2n) is 5.65. The first kappa shape index (κ1) is 14.4. The lowest BCUT2D eigenvalue weighted by atomic mass is 9.77. The van der Waals surface area contributed by atoms with Crippen LogP contribution in [0, 0.1) is 11.8 Å². The van der Waals surface area contributed by atoms with Crippen LogP contribution in [0.25, 0.3) is 0 Å². The van der Waals surface area contributed by atoms with Gasteiger partial charge in [-0.05, 0) is 50.0 Å². The summed E-state index contributed by atoms with van der Waals surface area (Å²) in [5, 5.41) is 3.87. The van der Waals surface area contributed by atoms with Gasteiger partial charge in [0.1, 0.15) is 0 Å². The van der Waals surface area contributed by atoms with Crippen LogP contribution in [0.4, 0.5) is 0 Å². The van der Waals surface area contributed by atoms with Crippen molar-refractivity contribution in [1.29, 1.82) is 0 Å². The first-order valence-corrected chi connectivity index (χ1v) is 8.29. The van der Waals surface area contributed by atoms with Crippen molar-refractivity contribution >= 4 is 11.8 Å². The zero-order valence-electron chi connectivity index (χ0n) is 11.5. The maximum atomic E-state index is 3.87. The Balaban J connectivity index is 2.36.